The number of aromatic nitrogens is 4. The molecule has 0 radical (unpaired) electrons. The van der Waals surface area contributed by atoms with Crippen LogP contribution < -0.4 is 23.7 Å². The molecule has 0 spiro atoms. The van der Waals surface area contributed by atoms with Crippen LogP contribution in [0.4, 0.5) is 5.69 Å². The average Bonchev–Trinajstić information content (AvgIpc) is 2.94. The van der Waals surface area contributed by atoms with Crippen molar-refractivity contribution in [1.29, 1.82) is 0 Å². The van der Waals surface area contributed by atoms with Crippen molar-refractivity contribution in [3.63, 3.8) is 0 Å². The van der Waals surface area contributed by atoms with E-state index in [1.165, 1.54) is 7.11 Å². The van der Waals surface area contributed by atoms with Crippen LogP contribution in [0, 0.1) is 0 Å². The molecule has 0 aliphatic heterocycles. The lowest BCUT2D eigenvalue weighted by molar-refractivity contribution is 0.197. The first-order valence-corrected chi connectivity index (χ1v) is 14.3. The Kier molecular flexibility index (Phi) is 9.49. The van der Waals surface area contributed by atoms with E-state index in [0.29, 0.717) is 29.3 Å². The molecule has 4 aromatic rings. The van der Waals surface area contributed by atoms with Crippen molar-refractivity contribution in [2.45, 2.75) is 13.3 Å². The van der Waals surface area contributed by atoms with Gasteiger partial charge in [-0.1, -0.05) is 25.1 Å². The van der Waals surface area contributed by atoms with E-state index in [4.69, 9.17) is 18.9 Å². The van der Waals surface area contributed by atoms with Gasteiger partial charge in [0.15, 0.2) is 11.5 Å². The van der Waals surface area contributed by atoms with Gasteiger partial charge in [0.2, 0.25) is 15.8 Å². The highest BCUT2D eigenvalue weighted by Crippen LogP contribution is 2.42. The van der Waals surface area contributed by atoms with Crippen molar-refractivity contribution in [1.82, 2.24) is 19.9 Å². The van der Waals surface area contributed by atoms with E-state index in [2.05, 4.69) is 40.6 Å². The molecule has 0 atom stereocenters. The summed E-state index contributed by atoms with van der Waals surface area (Å²) in [6, 6.07) is 14.0. The fraction of sp³-hybridized carbons (Fsp3) is 0.231. The number of nitrogens with one attached hydrogen (secondary N) is 1. The highest BCUT2D eigenvalue weighted by atomic mass is 79.9. The van der Waals surface area contributed by atoms with E-state index in [9.17, 15) is 8.42 Å². The Bertz CT molecular complexity index is 1490. The topological polar surface area (TPSA) is 135 Å². The molecule has 0 aliphatic carbocycles. The van der Waals surface area contributed by atoms with Crippen molar-refractivity contribution in [2.24, 2.45) is 0 Å². The molecule has 1 aromatic carbocycles. The lowest BCUT2D eigenvalue weighted by Crippen LogP contribution is -2.18. The number of nitrogens with zero attached hydrogens (tertiary/aromatic N) is 4. The number of anilines is 1. The number of para-hydroxylation sites is 2. The van der Waals surface area contributed by atoms with Crippen molar-refractivity contribution in [3.8, 4) is 40.5 Å². The first kappa shape index (κ1) is 28.0. The van der Waals surface area contributed by atoms with Gasteiger partial charge in [-0.2, -0.15) is 0 Å². The van der Waals surface area contributed by atoms with E-state index in [0.717, 1.165) is 4.47 Å². The van der Waals surface area contributed by atoms with Gasteiger partial charge in [-0.25, -0.2) is 23.4 Å². The van der Waals surface area contributed by atoms with Crippen molar-refractivity contribution < 1.29 is 27.4 Å². The Hall–Kier alpha value is -3.97. The first-order valence-electron chi connectivity index (χ1n) is 11.9. The van der Waals surface area contributed by atoms with E-state index in [1.54, 1.807) is 74.0 Å². The second-order valence-electron chi connectivity index (χ2n) is 7.96. The lowest BCUT2D eigenvalue weighted by Gasteiger charge is -2.19. The molecule has 0 aliphatic rings. The molecule has 11 nitrogen and oxygen atoms in total. The standard InChI is InChI=1S/C26H26BrN5O6S/c1-3-14-39(33,34)32-21-15-20(19-8-6-7-11-28-19)31-25(24(21)38-23-10-5-4-9-22(23)35-2)36-12-13-37-26-29-16-18(27)17-30-26/h4-11,15-17H,3,12-14H2,1-2H3,(H,31,32). The maximum absolute atomic E-state index is 12.8. The number of methoxy groups -OCH3 is 1. The first-order chi connectivity index (χ1) is 18.9. The zero-order valence-corrected chi connectivity index (χ0v) is 23.6. The summed E-state index contributed by atoms with van der Waals surface area (Å²) in [5.41, 5.74) is 1.03. The second-order valence-corrected chi connectivity index (χ2v) is 10.7. The molecule has 204 valence electrons. The summed E-state index contributed by atoms with van der Waals surface area (Å²) in [7, 11) is -2.20. The Morgan fingerprint density at radius 2 is 1.64 bits per heavy atom. The predicted molar refractivity (Wildman–Crippen MR) is 149 cm³/mol. The van der Waals surface area contributed by atoms with E-state index >= 15 is 0 Å². The summed E-state index contributed by atoms with van der Waals surface area (Å²) in [5, 5.41) is 0. The minimum absolute atomic E-state index is 0.0265. The highest BCUT2D eigenvalue weighted by Gasteiger charge is 2.23. The monoisotopic (exact) mass is 615 g/mol. The third-order valence-corrected chi connectivity index (χ3v) is 6.92. The summed E-state index contributed by atoms with van der Waals surface area (Å²) < 4.78 is 52.1. The van der Waals surface area contributed by atoms with Crippen molar-refractivity contribution in [2.75, 3.05) is 30.8 Å². The van der Waals surface area contributed by atoms with Crippen LogP contribution in [0.2, 0.25) is 0 Å². The van der Waals surface area contributed by atoms with Crippen LogP contribution in [0.5, 0.6) is 29.1 Å². The van der Waals surface area contributed by atoms with Gasteiger partial charge in [0.25, 0.3) is 5.88 Å². The fourth-order valence-corrected chi connectivity index (χ4v) is 4.71. The van der Waals surface area contributed by atoms with Gasteiger partial charge >= 0.3 is 6.01 Å². The van der Waals surface area contributed by atoms with Gasteiger partial charge in [-0.3, -0.25) is 9.71 Å². The Morgan fingerprint density at radius 1 is 0.923 bits per heavy atom. The molecule has 3 aromatic heterocycles. The predicted octanol–water partition coefficient (Wildman–Crippen LogP) is 5.11. The smallest absolute Gasteiger partial charge is 0.316 e. The number of sulfonamides is 1. The van der Waals surface area contributed by atoms with Gasteiger partial charge in [0.1, 0.15) is 13.2 Å². The molecule has 0 unspecified atom stereocenters. The summed E-state index contributed by atoms with van der Waals surface area (Å²) >= 11 is 3.28. The quantitative estimate of drug-likeness (QED) is 0.202. The largest absolute Gasteiger partial charge is 0.493 e. The molecule has 0 fully saturated rings. The van der Waals surface area contributed by atoms with Gasteiger partial charge in [-0.05, 0) is 52.7 Å². The molecule has 4 rings (SSSR count). The molecule has 1 N–H and O–H groups in total. The summed E-state index contributed by atoms with van der Waals surface area (Å²) in [6.45, 7) is 1.89. The van der Waals surface area contributed by atoms with Crippen LogP contribution in [-0.2, 0) is 10.0 Å². The highest BCUT2D eigenvalue weighted by molar-refractivity contribution is 9.10. The van der Waals surface area contributed by atoms with E-state index in [1.807, 2.05) is 0 Å². The number of hydrogen-bond donors (Lipinski definition) is 1. The third kappa shape index (κ3) is 7.77. The van der Waals surface area contributed by atoms with E-state index < -0.39 is 10.0 Å². The number of ether oxygens (including phenoxy) is 4. The molecule has 0 amide bonds. The molecular weight excluding hydrogens is 590 g/mol. The van der Waals surface area contributed by atoms with Crippen molar-refractivity contribution >= 4 is 31.6 Å². The van der Waals surface area contributed by atoms with Crippen LogP contribution in [0.1, 0.15) is 13.3 Å². The number of halogens is 1. The number of rotatable bonds is 13. The third-order valence-electron chi connectivity index (χ3n) is 5.04. The van der Waals surface area contributed by atoms with Crippen LogP contribution in [-0.4, -0.2) is 54.4 Å². The number of hydrogen-bond acceptors (Lipinski definition) is 10. The number of benzene rings is 1. The van der Waals surface area contributed by atoms with Gasteiger partial charge in [0.05, 0.1) is 34.4 Å². The van der Waals surface area contributed by atoms with Gasteiger partial charge in [0, 0.05) is 18.6 Å². The minimum Gasteiger partial charge on any atom is -0.493 e. The zero-order valence-electron chi connectivity index (χ0n) is 21.2. The molecule has 3 heterocycles. The van der Waals surface area contributed by atoms with Crippen molar-refractivity contribution in [3.05, 3.63) is 71.6 Å². The SMILES string of the molecule is CCCS(=O)(=O)Nc1cc(-c2ccccn2)nc(OCCOc2ncc(Br)cn2)c1Oc1ccccc1OC. The van der Waals surface area contributed by atoms with Crippen LogP contribution in [0.3, 0.4) is 0 Å². The summed E-state index contributed by atoms with van der Waals surface area (Å²) in [4.78, 5) is 17.1. The zero-order chi connectivity index (χ0) is 27.7. The molecule has 0 saturated heterocycles. The number of pyridine rings is 2. The molecule has 39 heavy (non-hydrogen) atoms. The van der Waals surface area contributed by atoms with Gasteiger partial charge in [-0.15, -0.1) is 0 Å². The Balaban J connectivity index is 1.73. The maximum atomic E-state index is 12.8. The van der Waals surface area contributed by atoms with E-state index in [-0.39, 0.29) is 42.3 Å². The van der Waals surface area contributed by atoms with Gasteiger partial charge < -0.3 is 18.9 Å². The van der Waals surface area contributed by atoms with Crippen LogP contribution in [0.15, 0.2) is 71.6 Å². The Labute approximate surface area is 234 Å². The normalized spacial score (nSPS) is 11.1. The maximum Gasteiger partial charge on any atom is 0.316 e. The lowest BCUT2D eigenvalue weighted by atomic mass is 10.2. The Morgan fingerprint density at radius 3 is 2.33 bits per heavy atom. The fourth-order valence-electron chi connectivity index (χ4n) is 3.37. The molecule has 13 heteroatoms. The molecule has 0 saturated carbocycles. The van der Waals surface area contributed by atoms with Crippen LogP contribution >= 0.6 is 15.9 Å². The average molecular weight is 616 g/mol. The molecule has 0 bridgehead atoms. The van der Waals surface area contributed by atoms with Crippen LogP contribution in [0.25, 0.3) is 11.4 Å². The second kappa shape index (κ2) is 13.2. The minimum atomic E-state index is -3.71. The summed E-state index contributed by atoms with van der Waals surface area (Å²) in [5.74, 6) is 0.778. The molecular formula is C26H26BrN5O6S. The summed E-state index contributed by atoms with van der Waals surface area (Å²) in [6.07, 6.45) is 5.17.